The van der Waals surface area contributed by atoms with Crippen molar-refractivity contribution in [3.05, 3.63) is 71.2 Å². The number of amides is 1. The van der Waals surface area contributed by atoms with Crippen molar-refractivity contribution in [3.63, 3.8) is 0 Å². The second-order valence-electron chi connectivity index (χ2n) is 6.45. The quantitative estimate of drug-likeness (QED) is 0.503. The predicted molar refractivity (Wildman–Crippen MR) is 116 cm³/mol. The number of aromatic nitrogens is 1. The highest BCUT2D eigenvalue weighted by Gasteiger charge is 2.19. The van der Waals surface area contributed by atoms with Gasteiger partial charge in [-0.05, 0) is 24.1 Å². The van der Waals surface area contributed by atoms with Crippen LogP contribution in [-0.4, -0.2) is 30.0 Å². The summed E-state index contributed by atoms with van der Waals surface area (Å²) in [7, 11) is 0. The van der Waals surface area contributed by atoms with E-state index in [1.165, 1.54) is 21.8 Å². The van der Waals surface area contributed by atoms with Gasteiger partial charge in [-0.1, -0.05) is 49.4 Å². The van der Waals surface area contributed by atoms with E-state index in [1.54, 1.807) is 29.6 Å². The standard InChI is InChI=1S/C23H21N3O3S/c1-2-17-9-11-18(12-10-17)22-25-20(16-30-22)23(28)29-15-21(27)26(14-6-13-24)19-7-4-3-5-8-19/h3-5,7-12,16H,2,6,14-15H2,1H3. The number of rotatable bonds is 8. The molecule has 0 atom stereocenters. The minimum atomic E-state index is -0.649. The molecular formula is C23H21N3O3S. The molecule has 0 bridgehead atoms. The first kappa shape index (κ1) is 21.2. The molecule has 0 aliphatic carbocycles. The van der Waals surface area contributed by atoms with Gasteiger partial charge in [-0.25, -0.2) is 9.78 Å². The fourth-order valence-corrected chi connectivity index (χ4v) is 3.63. The number of hydrogen-bond acceptors (Lipinski definition) is 6. The molecule has 152 valence electrons. The van der Waals surface area contributed by atoms with Crippen molar-refractivity contribution in [2.24, 2.45) is 0 Å². The monoisotopic (exact) mass is 419 g/mol. The highest BCUT2D eigenvalue weighted by atomic mass is 32.1. The molecule has 1 aromatic heterocycles. The van der Waals surface area contributed by atoms with Crippen LogP contribution in [0.3, 0.4) is 0 Å². The number of anilines is 1. The fraction of sp³-hybridized carbons (Fsp3) is 0.217. The lowest BCUT2D eigenvalue weighted by Crippen LogP contribution is -2.35. The van der Waals surface area contributed by atoms with Crippen molar-refractivity contribution in [3.8, 4) is 16.6 Å². The Morgan fingerprint density at radius 1 is 1.13 bits per heavy atom. The Kier molecular flexibility index (Phi) is 7.30. The molecule has 0 unspecified atom stereocenters. The van der Waals surface area contributed by atoms with Crippen LogP contribution < -0.4 is 4.90 Å². The summed E-state index contributed by atoms with van der Waals surface area (Å²) in [6.07, 6.45) is 1.14. The normalized spacial score (nSPS) is 10.3. The minimum absolute atomic E-state index is 0.172. The number of esters is 1. The van der Waals surface area contributed by atoms with Gasteiger partial charge in [0.25, 0.3) is 5.91 Å². The number of ether oxygens (including phenoxy) is 1. The largest absolute Gasteiger partial charge is 0.451 e. The van der Waals surface area contributed by atoms with E-state index >= 15 is 0 Å². The first-order valence-electron chi connectivity index (χ1n) is 9.56. The summed E-state index contributed by atoms with van der Waals surface area (Å²) in [5.41, 5.74) is 2.98. The van der Waals surface area contributed by atoms with Crippen LogP contribution in [0.2, 0.25) is 0 Å². The lowest BCUT2D eigenvalue weighted by atomic mass is 10.1. The third-order valence-corrected chi connectivity index (χ3v) is 5.36. The number of para-hydroxylation sites is 1. The summed E-state index contributed by atoms with van der Waals surface area (Å²) < 4.78 is 5.19. The van der Waals surface area contributed by atoms with Gasteiger partial charge in [-0.15, -0.1) is 11.3 Å². The zero-order valence-electron chi connectivity index (χ0n) is 16.6. The van der Waals surface area contributed by atoms with E-state index in [2.05, 4.69) is 11.9 Å². The number of thiazole rings is 1. The first-order valence-corrected chi connectivity index (χ1v) is 10.4. The third-order valence-electron chi connectivity index (χ3n) is 4.47. The number of nitrogens with zero attached hydrogens (tertiary/aromatic N) is 3. The van der Waals surface area contributed by atoms with Gasteiger partial charge in [-0.3, -0.25) is 4.79 Å². The number of carbonyl (C=O) groups excluding carboxylic acids is 2. The number of aryl methyl sites for hydroxylation is 1. The zero-order chi connectivity index (χ0) is 21.3. The molecule has 0 spiro atoms. The average molecular weight is 420 g/mol. The molecule has 30 heavy (non-hydrogen) atoms. The molecule has 0 aliphatic heterocycles. The molecule has 0 N–H and O–H groups in total. The van der Waals surface area contributed by atoms with Crippen LogP contribution in [0.25, 0.3) is 10.6 Å². The number of hydrogen-bond donors (Lipinski definition) is 0. The summed E-state index contributed by atoms with van der Waals surface area (Å²) in [5, 5.41) is 11.2. The van der Waals surface area contributed by atoms with E-state index in [9.17, 15) is 9.59 Å². The lowest BCUT2D eigenvalue weighted by molar-refractivity contribution is -0.121. The second kappa shape index (κ2) is 10.3. The molecule has 3 aromatic rings. The van der Waals surface area contributed by atoms with Gasteiger partial charge in [0.15, 0.2) is 12.3 Å². The molecule has 1 amide bonds. The van der Waals surface area contributed by atoms with E-state index in [0.717, 1.165) is 17.0 Å². The maximum absolute atomic E-state index is 12.6. The van der Waals surface area contributed by atoms with E-state index in [0.29, 0.717) is 5.69 Å². The van der Waals surface area contributed by atoms with E-state index in [4.69, 9.17) is 10.00 Å². The summed E-state index contributed by atoms with van der Waals surface area (Å²) in [5.74, 6) is -1.04. The number of carbonyl (C=O) groups is 2. The van der Waals surface area contributed by atoms with Crippen LogP contribution in [-0.2, 0) is 16.0 Å². The summed E-state index contributed by atoms with van der Waals surface area (Å²) in [4.78, 5) is 30.7. The van der Waals surface area contributed by atoms with Gasteiger partial charge in [-0.2, -0.15) is 5.26 Å². The third kappa shape index (κ3) is 5.31. The van der Waals surface area contributed by atoms with Crippen LogP contribution in [0.15, 0.2) is 60.0 Å². The van der Waals surface area contributed by atoms with Gasteiger partial charge in [0, 0.05) is 23.2 Å². The lowest BCUT2D eigenvalue weighted by Gasteiger charge is -2.21. The topological polar surface area (TPSA) is 83.3 Å². The van der Waals surface area contributed by atoms with Crippen molar-refractivity contribution in [1.82, 2.24) is 4.98 Å². The highest BCUT2D eigenvalue weighted by molar-refractivity contribution is 7.13. The van der Waals surface area contributed by atoms with Gasteiger partial charge >= 0.3 is 5.97 Å². The minimum Gasteiger partial charge on any atom is -0.451 e. The summed E-state index contributed by atoms with van der Waals surface area (Å²) in [6.45, 7) is 1.90. The maximum atomic E-state index is 12.6. The van der Waals surface area contributed by atoms with E-state index < -0.39 is 18.5 Å². The summed E-state index contributed by atoms with van der Waals surface area (Å²) >= 11 is 1.35. The average Bonchev–Trinajstić information content (AvgIpc) is 3.29. The molecule has 0 radical (unpaired) electrons. The fourth-order valence-electron chi connectivity index (χ4n) is 2.83. The zero-order valence-corrected chi connectivity index (χ0v) is 17.4. The van der Waals surface area contributed by atoms with Crippen molar-refractivity contribution >= 4 is 28.9 Å². The number of benzene rings is 2. The van der Waals surface area contributed by atoms with E-state index in [1.807, 2.05) is 36.4 Å². The molecular weight excluding hydrogens is 398 g/mol. The molecule has 0 saturated heterocycles. The Morgan fingerprint density at radius 3 is 2.53 bits per heavy atom. The van der Waals surface area contributed by atoms with Crippen molar-refractivity contribution in [1.29, 1.82) is 5.26 Å². The molecule has 3 rings (SSSR count). The van der Waals surface area contributed by atoms with Gasteiger partial charge in [0.1, 0.15) is 5.01 Å². The Hall–Kier alpha value is -3.50. The smallest absolute Gasteiger partial charge is 0.358 e. The number of nitriles is 1. The van der Waals surface area contributed by atoms with Crippen molar-refractivity contribution < 1.29 is 14.3 Å². The van der Waals surface area contributed by atoms with Crippen LogP contribution in [0.5, 0.6) is 0 Å². The Balaban J connectivity index is 1.63. The molecule has 0 aliphatic rings. The highest BCUT2D eigenvalue weighted by Crippen LogP contribution is 2.24. The van der Waals surface area contributed by atoms with Crippen molar-refractivity contribution in [2.45, 2.75) is 19.8 Å². The van der Waals surface area contributed by atoms with Gasteiger partial charge in [0.05, 0.1) is 12.5 Å². The van der Waals surface area contributed by atoms with Crippen molar-refractivity contribution in [2.75, 3.05) is 18.1 Å². The van der Waals surface area contributed by atoms with Crippen LogP contribution in [0, 0.1) is 11.3 Å². The SMILES string of the molecule is CCc1ccc(-c2nc(C(=O)OCC(=O)N(CCC#N)c3ccccc3)cs2)cc1. The molecule has 6 nitrogen and oxygen atoms in total. The van der Waals surface area contributed by atoms with Crippen LogP contribution in [0.4, 0.5) is 5.69 Å². The molecule has 7 heteroatoms. The first-order chi connectivity index (χ1) is 14.6. The predicted octanol–water partition coefficient (Wildman–Crippen LogP) is 4.48. The maximum Gasteiger partial charge on any atom is 0.358 e. The Morgan fingerprint density at radius 2 is 1.87 bits per heavy atom. The Labute approximate surface area is 179 Å². The molecule has 2 aromatic carbocycles. The molecule has 0 fully saturated rings. The van der Waals surface area contributed by atoms with Gasteiger partial charge in [0.2, 0.25) is 0 Å². The summed E-state index contributed by atoms with van der Waals surface area (Å²) in [6, 6.07) is 19.0. The van der Waals surface area contributed by atoms with E-state index in [-0.39, 0.29) is 18.7 Å². The molecule has 0 saturated carbocycles. The van der Waals surface area contributed by atoms with Gasteiger partial charge < -0.3 is 9.64 Å². The molecule has 1 heterocycles. The Bertz CT molecular complexity index is 1040. The second-order valence-corrected chi connectivity index (χ2v) is 7.31. The van der Waals surface area contributed by atoms with Crippen LogP contribution in [0.1, 0.15) is 29.4 Å². The van der Waals surface area contributed by atoms with Crippen LogP contribution >= 0.6 is 11.3 Å².